The lowest BCUT2D eigenvalue weighted by Crippen LogP contribution is -2.31. The number of hydrogen-bond donors (Lipinski definition) is 0. The number of thiazole rings is 1. The fourth-order valence-corrected chi connectivity index (χ4v) is 4.50. The SMILES string of the molecule is CCOc1ccc(CC(=O)N(Cc2ccco2)c2nc3c(C)ccc(Cl)c3s2)cc1. The molecule has 0 aliphatic heterocycles. The van der Waals surface area contributed by atoms with Crippen molar-refractivity contribution in [2.45, 2.75) is 26.8 Å². The van der Waals surface area contributed by atoms with Crippen LogP contribution in [0.5, 0.6) is 5.75 Å². The van der Waals surface area contributed by atoms with E-state index in [0.717, 1.165) is 27.1 Å². The molecule has 0 saturated carbocycles. The molecule has 0 N–H and O–H groups in total. The molecule has 2 aromatic carbocycles. The second-order valence-corrected chi connectivity index (χ2v) is 8.24. The summed E-state index contributed by atoms with van der Waals surface area (Å²) in [6.45, 7) is 4.84. The molecule has 4 rings (SSSR count). The summed E-state index contributed by atoms with van der Waals surface area (Å²) in [5.74, 6) is 1.41. The van der Waals surface area contributed by atoms with Crippen molar-refractivity contribution in [2.24, 2.45) is 0 Å². The molecule has 0 aliphatic carbocycles. The Kier molecular flexibility index (Phi) is 6.06. The number of anilines is 1. The Labute approximate surface area is 183 Å². The van der Waals surface area contributed by atoms with Crippen LogP contribution < -0.4 is 9.64 Å². The predicted molar refractivity (Wildman–Crippen MR) is 121 cm³/mol. The standard InChI is InChI=1S/C23H21ClN2O3S/c1-3-28-17-9-7-16(8-10-17)13-20(27)26(14-18-5-4-12-29-18)23-25-21-15(2)6-11-19(24)22(21)30-23/h4-12H,3,13-14H2,1-2H3. The first-order valence-corrected chi connectivity index (χ1v) is 10.8. The molecule has 7 heteroatoms. The number of amides is 1. The highest BCUT2D eigenvalue weighted by Gasteiger charge is 2.22. The van der Waals surface area contributed by atoms with Crippen LogP contribution in [0.25, 0.3) is 10.2 Å². The lowest BCUT2D eigenvalue weighted by Gasteiger charge is -2.19. The zero-order valence-electron chi connectivity index (χ0n) is 16.7. The number of hydrogen-bond acceptors (Lipinski definition) is 5. The lowest BCUT2D eigenvalue weighted by molar-refractivity contribution is -0.118. The average molecular weight is 441 g/mol. The van der Waals surface area contributed by atoms with Gasteiger partial charge < -0.3 is 9.15 Å². The Morgan fingerprint density at radius 1 is 1.20 bits per heavy atom. The molecule has 0 radical (unpaired) electrons. The van der Waals surface area contributed by atoms with Gasteiger partial charge in [-0.05, 0) is 55.3 Å². The average Bonchev–Trinajstić information content (AvgIpc) is 3.41. The van der Waals surface area contributed by atoms with Gasteiger partial charge in [-0.15, -0.1) is 0 Å². The number of furan rings is 1. The molecule has 0 atom stereocenters. The number of benzene rings is 2. The topological polar surface area (TPSA) is 55.6 Å². The van der Waals surface area contributed by atoms with E-state index in [0.29, 0.717) is 29.1 Å². The molecule has 154 valence electrons. The molecule has 1 amide bonds. The van der Waals surface area contributed by atoms with Gasteiger partial charge >= 0.3 is 0 Å². The molecular formula is C23H21ClN2O3S. The summed E-state index contributed by atoms with van der Waals surface area (Å²) in [5.41, 5.74) is 2.75. The summed E-state index contributed by atoms with van der Waals surface area (Å²) >= 11 is 7.79. The van der Waals surface area contributed by atoms with Gasteiger partial charge in [0.05, 0.1) is 41.1 Å². The highest BCUT2D eigenvalue weighted by atomic mass is 35.5. The molecule has 30 heavy (non-hydrogen) atoms. The van der Waals surface area contributed by atoms with E-state index in [9.17, 15) is 4.79 Å². The monoisotopic (exact) mass is 440 g/mol. The van der Waals surface area contributed by atoms with Crippen LogP contribution in [-0.2, 0) is 17.8 Å². The summed E-state index contributed by atoms with van der Waals surface area (Å²) < 4.78 is 11.9. The van der Waals surface area contributed by atoms with Gasteiger partial charge in [-0.3, -0.25) is 9.69 Å². The van der Waals surface area contributed by atoms with Crippen LogP contribution in [0.15, 0.2) is 59.2 Å². The fourth-order valence-electron chi connectivity index (χ4n) is 3.17. The van der Waals surface area contributed by atoms with Gasteiger partial charge in [0.15, 0.2) is 5.13 Å². The van der Waals surface area contributed by atoms with E-state index in [1.807, 2.05) is 62.4 Å². The number of fused-ring (bicyclic) bond motifs is 1. The van der Waals surface area contributed by atoms with E-state index < -0.39 is 0 Å². The summed E-state index contributed by atoms with van der Waals surface area (Å²) in [6.07, 6.45) is 1.85. The summed E-state index contributed by atoms with van der Waals surface area (Å²) in [6, 6.07) is 15.0. The normalized spacial score (nSPS) is 11.0. The van der Waals surface area contributed by atoms with Crippen LogP contribution in [0.2, 0.25) is 5.02 Å². The van der Waals surface area contributed by atoms with Gasteiger partial charge in [0.25, 0.3) is 0 Å². The number of carbonyl (C=O) groups is 1. The molecule has 0 spiro atoms. The maximum absolute atomic E-state index is 13.3. The highest BCUT2D eigenvalue weighted by molar-refractivity contribution is 7.23. The van der Waals surface area contributed by atoms with E-state index in [2.05, 4.69) is 0 Å². The van der Waals surface area contributed by atoms with Crippen LogP contribution in [0.1, 0.15) is 23.8 Å². The number of aryl methyl sites for hydroxylation is 1. The Morgan fingerprint density at radius 2 is 2.00 bits per heavy atom. The molecule has 4 aromatic rings. The van der Waals surface area contributed by atoms with Crippen LogP contribution in [0.3, 0.4) is 0 Å². The van der Waals surface area contributed by atoms with Crippen molar-refractivity contribution in [1.29, 1.82) is 0 Å². The largest absolute Gasteiger partial charge is 0.494 e. The quantitative estimate of drug-likeness (QED) is 0.352. The molecule has 2 aromatic heterocycles. The van der Waals surface area contributed by atoms with Gasteiger partial charge in [-0.25, -0.2) is 4.98 Å². The zero-order chi connectivity index (χ0) is 21.1. The number of carbonyl (C=O) groups excluding carboxylic acids is 1. The minimum Gasteiger partial charge on any atom is -0.494 e. The van der Waals surface area contributed by atoms with Crippen molar-refractivity contribution in [1.82, 2.24) is 4.98 Å². The second kappa shape index (κ2) is 8.90. The van der Waals surface area contributed by atoms with E-state index in [-0.39, 0.29) is 12.3 Å². The predicted octanol–water partition coefficient (Wildman–Crippen LogP) is 6.03. The van der Waals surface area contributed by atoms with Crippen molar-refractivity contribution >= 4 is 44.2 Å². The van der Waals surface area contributed by atoms with Crippen LogP contribution >= 0.6 is 22.9 Å². The minimum absolute atomic E-state index is 0.0663. The second-order valence-electron chi connectivity index (χ2n) is 6.85. The van der Waals surface area contributed by atoms with Gasteiger partial charge in [-0.1, -0.05) is 41.1 Å². The number of ether oxygens (including phenoxy) is 1. The molecule has 0 fully saturated rings. The first-order valence-electron chi connectivity index (χ1n) is 9.65. The number of halogens is 1. The van der Waals surface area contributed by atoms with Gasteiger partial charge in [0.2, 0.25) is 5.91 Å². The van der Waals surface area contributed by atoms with E-state index in [1.165, 1.54) is 11.3 Å². The van der Waals surface area contributed by atoms with Gasteiger partial charge in [0, 0.05) is 0 Å². The first kappa shape index (κ1) is 20.4. The lowest BCUT2D eigenvalue weighted by atomic mass is 10.1. The zero-order valence-corrected chi connectivity index (χ0v) is 18.3. The van der Waals surface area contributed by atoms with Gasteiger partial charge in [-0.2, -0.15) is 0 Å². The molecule has 0 bridgehead atoms. The molecule has 0 aliphatic rings. The van der Waals surface area contributed by atoms with Crippen molar-refractivity contribution in [3.8, 4) is 5.75 Å². The summed E-state index contributed by atoms with van der Waals surface area (Å²) in [7, 11) is 0. The smallest absolute Gasteiger partial charge is 0.233 e. The first-order chi connectivity index (χ1) is 14.5. The molecule has 5 nitrogen and oxygen atoms in total. The maximum Gasteiger partial charge on any atom is 0.233 e. The van der Waals surface area contributed by atoms with Crippen molar-refractivity contribution in [3.63, 3.8) is 0 Å². The fraction of sp³-hybridized carbons (Fsp3) is 0.217. The third kappa shape index (κ3) is 4.35. The Hall–Kier alpha value is -2.83. The van der Waals surface area contributed by atoms with Gasteiger partial charge in [0.1, 0.15) is 11.5 Å². The van der Waals surface area contributed by atoms with E-state index in [1.54, 1.807) is 11.2 Å². The van der Waals surface area contributed by atoms with Crippen LogP contribution in [0.4, 0.5) is 5.13 Å². The Balaban J connectivity index is 1.65. The molecule has 2 heterocycles. The van der Waals surface area contributed by atoms with Crippen molar-refractivity contribution in [2.75, 3.05) is 11.5 Å². The molecule has 0 unspecified atom stereocenters. The van der Waals surface area contributed by atoms with E-state index >= 15 is 0 Å². The van der Waals surface area contributed by atoms with Crippen molar-refractivity contribution in [3.05, 3.63) is 76.7 Å². The molecular weight excluding hydrogens is 420 g/mol. The third-order valence-corrected chi connectivity index (χ3v) is 6.24. The number of nitrogens with zero attached hydrogens (tertiary/aromatic N) is 2. The van der Waals surface area contributed by atoms with Crippen molar-refractivity contribution < 1.29 is 13.9 Å². The summed E-state index contributed by atoms with van der Waals surface area (Å²) in [5, 5.41) is 1.24. The maximum atomic E-state index is 13.3. The highest BCUT2D eigenvalue weighted by Crippen LogP contribution is 2.36. The Bertz CT molecular complexity index is 1110. The molecule has 0 saturated heterocycles. The third-order valence-electron chi connectivity index (χ3n) is 4.70. The van der Waals surface area contributed by atoms with Crippen LogP contribution in [0, 0.1) is 6.92 Å². The minimum atomic E-state index is -0.0663. The van der Waals surface area contributed by atoms with Crippen LogP contribution in [-0.4, -0.2) is 17.5 Å². The number of aromatic nitrogens is 1. The number of rotatable bonds is 7. The summed E-state index contributed by atoms with van der Waals surface area (Å²) in [4.78, 5) is 19.7. The van der Waals surface area contributed by atoms with E-state index in [4.69, 9.17) is 25.7 Å². The Morgan fingerprint density at radius 3 is 2.67 bits per heavy atom.